The minimum Gasteiger partial charge on any atom is -0.380 e. The summed E-state index contributed by atoms with van der Waals surface area (Å²) in [6, 6.07) is -0.405. The fraction of sp³-hybridized carbons (Fsp3) is 0.692. The van der Waals surface area contributed by atoms with E-state index >= 15 is 0 Å². The third-order valence-electron chi connectivity index (χ3n) is 3.69. The van der Waals surface area contributed by atoms with E-state index in [0.717, 1.165) is 9.88 Å². The highest BCUT2D eigenvalue weighted by Gasteiger charge is 2.54. The molecule has 2 rings (SSSR count). The van der Waals surface area contributed by atoms with Crippen LogP contribution in [0.2, 0.25) is 0 Å². The predicted octanol–water partition coefficient (Wildman–Crippen LogP) is 2.09. The van der Waals surface area contributed by atoms with Gasteiger partial charge in [-0.1, -0.05) is 0 Å². The van der Waals surface area contributed by atoms with Gasteiger partial charge in [0.2, 0.25) is 0 Å². The van der Waals surface area contributed by atoms with Gasteiger partial charge in [-0.25, -0.2) is 9.78 Å². The molecule has 2 amide bonds. The molecule has 0 aromatic carbocycles. The first-order chi connectivity index (χ1) is 10.2. The number of halogens is 3. The van der Waals surface area contributed by atoms with E-state index in [1.165, 1.54) is 4.90 Å². The van der Waals surface area contributed by atoms with Gasteiger partial charge in [0.1, 0.15) is 0 Å². The maximum absolute atomic E-state index is 12.7. The summed E-state index contributed by atoms with van der Waals surface area (Å²) in [6.45, 7) is 2.09. The van der Waals surface area contributed by atoms with Crippen LogP contribution in [-0.2, 0) is 6.42 Å². The topological polar surface area (TPSA) is 65.5 Å². The number of aliphatic hydroxyl groups is 1. The average Bonchev–Trinajstić information content (AvgIpc) is 2.84. The molecule has 0 aliphatic carbocycles. The molecule has 0 radical (unpaired) electrons. The second-order valence-electron chi connectivity index (χ2n) is 5.36. The molecule has 0 bridgehead atoms. The number of piperidine rings is 1. The van der Waals surface area contributed by atoms with Gasteiger partial charge in [0.05, 0.1) is 5.01 Å². The number of thiazole rings is 1. The largest absolute Gasteiger partial charge is 0.417 e. The number of urea groups is 1. The van der Waals surface area contributed by atoms with Gasteiger partial charge >= 0.3 is 12.2 Å². The van der Waals surface area contributed by atoms with Crippen molar-refractivity contribution in [3.05, 3.63) is 16.1 Å². The minimum absolute atomic E-state index is 0.113. The molecule has 1 aromatic heterocycles. The van der Waals surface area contributed by atoms with Crippen molar-refractivity contribution in [3.8, 4) is 0 Å². The van der Waals surface area contributed by atoms with E-state index in [2.05, 4.69) is 10.3 Å². The fourth-order valence-electron chi connectivity index (χ4n) is 2.27. The maximum atomic E-state index is 12.7. The summed E-state index contributed by atoms with van der Waals surface area (Å²) < 4.78 is 38.0. The molecule has 2 heterocycles. The predicted molar refractivity (Wildman–Crippen MR) is 75.8 cm³/mol. The minimum atomic E-state index is -4.65. The molecule has 1 aliphatic heterocycles. The number of nitrogens with zero attached hydrogens (tertiary/aromatic N) is 2. The number of likely N-dealkylation sites (tertiary alicyclic amines) is 1. The van der Waals surface area contributed by atoms with Crippen molar-refractivity contribution in [2.75, 3.05) is 19.6 Å². The van der Waals surface area contributed by atoms with Crippen molar-refractivity contribution >= 4 is 17.4 Å². The van der Waals surface area contributed by atoms with Crippen LogP contribution in [0.4, 0.5) is 18.0 Å². The molecule has 2 N–H and O–H groups in total. The third kappa shape index (κ3) is 3.89. The lowest BCUT2D eigenvalue weighted by molar-refractivity contribution is -0.271. The van der Waals surface area contributed by atoms with Crippen molar-refractivity contribution < 1.29 is 23.1 Å². The first-order valence-corrected chi connectivity index (χ1v) is 7.76. The lowest BCUT2D eigenvalue weighted by Gasteiger charge is -2.38. The van der Waals surface area contributed by atoms with Crippen LogP contribution >= 0.6 is 11.3 Å². The summed E-state index contributed by atoms with van der Waals surface area (Å²) in [5.41, 5.74) is -2.68. The van der Waals surface area contributed by atoms with E-state index in [-0.39, 0.29) is 13.1 Å². The number of carbonyl (C=O) groups excluding carboxylic acids is 1. The van der Waals surface area contributed by atoms with E-state index in [1.807, 2.05) is 6.92 Å². The van der Waals surface area contributed by atoms with Crippen LogP contribution in [0.3, 0.4) is 0 Å². The number of carbonyl (C=O) groups is 1. The summed E-state index contributed by atoms with van der Waals surface area (Å²) in [5.74, 6) is 0. The number of aromatic nitrogens is 1. The molecule has 1 aromatic rings. The third-order valence-corrected chi connectivity index (χ3v) is 4.66. The van der Waals surface area contributed by atoms with Gasteiger partial charge in [-0.3, -0.25) is 0 Å². The Morgan fingerprint density at radius 2 is 2.14 bits per heavy atom. The Balaban J connectivity index is 1.75. The summed E-state index contributed by atoms with van der Waals surface area (Å²) in [7, 11) is 0. The molecule has 0 spiro atoms. The van der Waals surface area contributed by atoms with E-state index < -0.39 is 30.7 Å². The quantitative estimate of drug-likeness (QED) is 0.888. The van der Waals surface area contributed by atoms with Gasteiger partial charge < -0.3 is 15.3 Å². The van der Waals surface area contributed by atoms with Crippen molar-refractivity contribution in [2.24, 2.45) is 0 Å². The van der Waals surface area contributed by atoms with Crippen molar-refractivity contribution in [2.45, 2.75) is 38.0 Å². The Labute approximate surface area is 130 Å². The molecule has 0 saturated carbocycles. The highest BCUT2D eigenvalue weighted by molar-refractivity contribution is 7.11. The Morgan fingerprint density at radius 3 is 2.64 bits per heavy atom. The van der Waals surface area contributed by atoms with Gasteiger partial charge in [0.25, 0.3) is 0 Å². The molecule has 5 nitrogen and oxygen atoms in total. The number of hydrogen-bond acceptors (Lipinski definition) is 4. The molecule has 9 heteroatoms. The molecule has 1 aliphatic rings. The van der Waals surface area contributed by atoms with Gasteiger partial charge in [-0.05, 0) is 6.92 Å². The Morgan fingerprint density at radius 1 is 1.50 bits per heavy atom. The summed E-state index contributed by atoms with van der Waals surface area (Å²) in [5, 5.41) is 13.1. The van der Waals surface area contributed by atoms with E-state index in [1.54, 1.807) is 17.5 Å². The standard InChI is InChI=1S/C13H18F3N3O2S/c1-9-8-18-10(22-9)2-5-17-11(20)19-6-3-12(21,4-7-19)13(14,15)16/h8,21H,2-7H2,1H3,(H,17,20). The first kappa shape index (κ1) is 17.0. The molecule has 0 atom stereocenters. The number of aryl methyl sites for hydroxylation is 1. The highest BCUT2D eigenvalue weighted by Crippen LogP contribution is 2.38. The van der Waals surface area contributed by atoms with Crippen LogP contribution < -0.4 is 5.32 Å². The SMILES string of the molecule is Cc1cnc(CCNC(=O)N2CCC(O)(C(F)(F)F)CC2)s1. The Kier molecular flexibility index (Phi) is 4.96. The van der Waals surface area contributed by atoms with Crippen LogP contribution in [0, 0.1) is 6.92 Å². The average molecular weight is 337 g/mol. The Hall–Kier alpha value is -1.35. The summed E-state index contributed by atoms with van der Waals surface area (Å²) in [4.78, 5) is 18.4. The molecular formula is C13H18F3N3O2S. The maximum Gasteiger partial charge on any atom is 0.417 e. The first-order valence-electron chi connectivity index (χ1n) is 6.94. The highest BCUT2D eigenvalue weighted by atomic mass is 32.1. The Bertz CT molecular complexity index is 525. The zero-order valence-corrected chi connectivity index (χ0v) is 12.9. The number of alkyl halides is 3. The van der Waals surface area contributed by atoms with E-state index in [9.17, 15) is 23.1 Å². The number of rotatable bonds is 3. The second-order valence-corrected chi connectivity index (χ2v) is 6.68. The summed E-state index contributed by atoms with van der Waals surface area (Å²) >= 11 is 1.54. The van der Waals surface area contributed by atoms with Gasteiger partial charge in [0, 0.05) is 50.0 Å². The smallest absolute Gasteiger partial charge is 0.380 e. The molecule has 0 unspecified atom stereocenters. The van der Waals surface area contributed by atoms with Gasteiger partial charge in [-0.2, -0.15) is 13.2 Å². The van der Waals surface area contributed by atoms with Crippen LogP contribution in [0.5, 0.6) is 0 Å². The normalized spacial score (nSPS) is 18.3. The summed E-state index contributed by atoms with van der Waals surface area (Å²) in [6.07, 6.45) is -3.29. The van der Waals surface area contributed by atoms with Crippen LogP contribution in [-0.4, -0.2) is 52.4 Å². The number of hydrogen-bond donors (Lipinski definition) is 2. The number of nitrogens with one attached hydrogen (secondary N) is 1. The lowest BCUT2D eigenvalue weighted by atomic mass is 9.91. The molecule has 1 saturated heterocycles. The zero-order valence-electron chi connectivity index (χ0n) is 12.1. The van der Waals surface area contributed by atoms with E-state index in [4.69, 9.17) is 0 Å². The zero-order chi connectivity index (χ0) is 16.4. The molecule has 124 valence electrons. The van der Waals surface area contributed by atoms with Gasteiger partial charge in [0.15, 0.2) is 5.60 Å². The van der Waals surface area contributed by atoms with Gasteiger partial charge in [-0.15, -0.1) is 11.3 Å². The van der Waals surface area contributed by atoms with Crippen molar-refractivity contribution in [1.82, 2.24) is 15.2 Å². The molecule has 1 fully saturated rings. The monoisotopic (exact) mass is 337 g/mol. The number of amides is 2. The van der Waals surface area contributed by atoms with Crippen molar-refractivity contribution in [1.29, 1.82) is 0 Å². The van der Waals surface area contributed by atoms with Crippen LogP contribution in [0.15, 0.2) is 6.20 Å². The fourth-order valence-corrected chi connectivity index (χ4v) is 3.05. The molecular weight excluding hydrogens is 319 g/mol. The molecule has 22 heavy (non-hydrogen) atoms. The van der Waals surface area contributed by atoms with Crippen molar-refractivity contribution in [3.63, 3.8) is 0 Å². The van der Waals surface area contributed by atoms with Crippen LogP contribution in [0.25, 0.3) is 0 Å². The van der Waals surface area contributed by atoms with Crippen LogP contribution in [0.1, 0.15) is 22.7 Å². The second kappa shape index (κ2) is 6.41. The van der Waals surface area contributed by atoms with E-state index in [0.29, 0.717) is 13.0 Å². The lowest BCUT2D eigenvalue weighted by Crippen LogP contribution is -2.55.